The van der Waals surface area contributed by atoms with E-state index in [0.29, 0.717) is 10.8 Å². The van der Waals surface area contributed by atoms with E-state index < -0.39 is 0 Å². The van der Waals surface area contributed by atoms with Gasteiger partial charge in [0, 0.05) is 0 Å². The fourth-order valence-electron chi connectivity index (χ4n) is 1.87. The monoisotopic (exact) mass is 339 g/mol. The molecule has 2 N–H and O–H groups in total. The second-order valence-corrected chi connectivity index (χ2v) is 5.60. The average Bonchev–Trinajstić information content (AvgIpc) is 2.60. The zero-order valence-corrected chi connectivity index (χ0v) is 13.6. The number of aryl methyl sites for hydroxylation is 2. The first-order chi connectivity index (χ1) is 8.84. The van der Waals surface area contributed by atoms with Crippen LogP contribution in [0.4, 0.5) is 0 Å². The molecule has 0 unspecified atom stereocenters. The van der Waals surface area contributed by atoms with Gasteiger partial charge < -0.3 is 5.73 Å². The van der Waals surface area contributed by atoms with Gasteiger partial charge in [0.25, 0.3) is 0 Å². The number of halogens is 1. The van der Waals surface area contributed by atoms with Gasteiger partial charge >= 0.3 is 0 Å². The third kappa shape index (κ3) is 2.28. The van der Waals surface area contributed by atoms with Crippen LogP contribution in [0.1, 0.15) is 28.2 Å². The first kappa shape index (κ1) is 14.1. The molecule has 0 aliphatic heterocycles. The number of rotatable bonds is 2. The highest BCUT2D eigenvalue weighted by Gasteiger charge is 2.19. The van der Waals surface area contributed by atoms with Crippen LogP contribution in [-0.2, 0) is 0 Å². The lowest BCUT2D eigenvalue weighted by Gasteiger charge is -2.12. The molecular formula is C12H14BrN5S. The number of aromatic nitrogens is 4. The van der Waals surface area contributed by atoms with E-state index in [1.807, 2.05) is 27.7 Å². The number of nitrogens with zero attached hydrogens (tertiary/aromatic N) is 4. The molecule has 0 amide bonds. The molecule has 5 nitrogen and oxygen atoms in total. The summed E-state index contributed by atoms with van der Waals surface area (Å²) >= 11 is 8.63. The molecule has 0 spiro atoms. The van der Waals surface area contributed by atoms with Crippen molar-refractivity contribution < 1.29 is 0 Å². The highest BCUT2D eigenvalue weighted by atomic mass is 79.9. The maximum absolute atomic E-state index is 5.83. The molecule has 2 aromatic rings. The maximum atomic E-state index is 5.83. The van der Waals surface area contributed by atoms with Crippen molar-refractivity contribution in [2.45, 2.75) is 27.7 Å². The van der Waals surface area contributed by atoms with Gasteiger partial charge in [-0.2, -0.15) is 10.2 Å². The van der Waals surface area contributed by atoms with Crippen LogP contribution in [-0.4, -0.2) is 25.0 Å². The third-order valence-corrected chi connectivity index (χ3v) is 4.44. The number of thiocarbonyl (C=S) groups is 1. The van der Waals surface area contributed by atoms with Gasteiger partial charge in [-0.05, 0) is 49.2 Å². The molecule has 0 radical (unpaired) electrons. The summed E-state index contributed by atoms with van der Waals surface area (Å²) in [5.74, 6) is 0.571. The second-order valence-electron chi connectivity index (χ2n) is 4.37. The molecule has 0 aliphatic carbocycles. The summed E-state index contributed by atoms with van der Waals surface area (Å²) in [6.45, 7) is 7.68. The molecule has 19 heavy (non-hydrogen) atoms. The van der Waals surface area contributed by atoms with Crippen LogP contribution < -0.4 is 5.73 Å². The zero-order valence-electron chi connectivity index (χ0n) is 11.2. The number of nitrogens with two attached hydrogens (primary N) is 1. The molecule has 0 saturated carbocycles. The fraction of sp³-hybridized carbons (Fsp3) is 0.333. The summed E-state index contributed by atoms with van der Waals surface area (Å²) < 4.78 is 2.66. The van der Waals surface area contributed by atoms with Gasteiger partial charge in [0.15, 0.2) is 5.82 Å². The van der Waals surface area contributed by atoms with Gasteiger partial charge in [0.2, 0.25) is 0 Å². The molecule has 0 atom stereocenters. The summed E-state index contributed by atoms with van der Waals surface area (Å²) in [7, 11) is 0. The topological polar surface area (TPSA) is 69.6 Å². The molecular weight excluding hydrogens is 326 g/mol. The molecule has 7 heteroatoms. The summed E-state index contributed by atoms with van der Waals surface area (Å²) in [5, 5.41) is 12.8. The number of hydrogen-bond acceptors (Lipinski definition) is 4. The first-order valence-electron chi connectivity index (χ1n) is 5.70. The van der Waals surface area contributed by atoms with Gasteiger partial charge in [-0.25, -0.2) is 4.68 Å². The predicted octanol–water partition coefficient (Wildman–Crippen LogP) is 2.29. The van der Waals surface area contributed by atoms with Gasteiger partial charge in [0.05, 0.1) is 27.1 Å². The van der Waals surface area contributed by atoms with Crippen molar-refractivity contribution >= 4 is 33.1 Å². The van der Waals surface area contributed by atoms with Gasteiger partial charge in [-0.15, -0.1) is 5.10 Å². The maximum Gasteiger partial charge on any atom is 0.186 e. The lowest BCUT2D eigenvalue weighted by molar-refractivity contribution is 0.769. The smallest absolute Gasteiger partial charge is 0.186 e. The van der Waals surface area contributed by atoms with E-state index >= 15 is 0 Å². The van der Waals surface area contributed by atoms with Crippen molar-refractivity contribution in [3.63, 3.8) is 0 Å². The van der Waals surface area contributed by atoms with Crippen LogP contribution in [0.25, 0.3) is 5.82 Å². The fourth-order valence-corrected chi connectivity index (χ4v) is 2.36. The van der Waals surface area contributed by atoms with Crippen molar-refractivity contribution in [1.82, 2.24) is 20.0 Å². The Labute approximate surface area is 125 Å². The van der Waals surface area contributed by atoms with Crippen molar-refractivity contribution in [3.05, 3.63) is 32.7 Å². The van der Waals surface area contributed by atoms with Gasteiger partial charge in [-0.3, -0.25) is 0 Å². The summed E-state index contributed by atoms with van der Waals surface area (Å²) in [6.07, 6.45) is 0. The van der Waals surface area contributed by atoms with Crippen LogP contribution in [0, 0.1) is 27.7 Å². The first-order valence-corrected chi connectivity index (χ1v) is 6.90. The van der Waals surface area contributed by atoms with Gasteiger partial charge in [-0.1, -0.05) is 12.2 Å². The minimum Gasteiger partial charge on any atom is -0.389 e. The molecule has 0 saturated heterocycles. The van der Waals surface area contributed by atoms with Crippen LogP contribution >= 0.6 is 28.1 Å². The van der Waals surface area contributed by atoms with Crippen LogP contribution in [0.2, 0.25) is 0 Å². The van der Waals surface area contributed by atoms with E-state index in [1.54, 1.807) is 4.68 Å². The van der Waals surface area contributed by atoms with Crippen molar-refractivity contribution in [3.8, 4) is 5.82 Å². The summed E-state index contributed by atoms with van der Waals surface area (Å²) in [4.78, 5) is 0.300. The normalized spacial score (nSPS) is 10.8. The number of hydrogen-bond donors (Lipinski definition) is 1. The average molecular weight is 340 g/mol. The van der Waals surface area contributed by atoms with Gasteiger partial charge in [0.1, 0.15) is 4.99 Å². The zero-order chi connectivity index (χ0) is 14.3. The highest BCUT2D eigenvalue weighted by molar-refractivity contribution is 9.10. The summed E-state index contributed by atoms with van der Waals surface area (Å²) in [5.41, 5.74) is 10.1. The third-order valence-electron chi connectivity index (χ3n) is 3.09. The SMILES string of the molecule is Cc1nnc(-n2nc(C)c(Br)c2C)c(C(N)=S)c1C. The molecule has 0 bridgehead atoms. The Bertz CT molecular complexity index is 677. The van der Waals surface area contributed by atoms with Crippen LogP contribution in [0.15, 0.2) is 4.47 Å². The van der Waals surface area contributed by atoms with E-state index in [4.69, 9.17) is 18.0 Å². The predicted molar refractivity (Wildman–Crippen MR) is 81.7 cm³/mol. The minimum absolute atomic E-state index is 0.300. The molecule has 0 aliphatic rings. The van der Waals surface area contributed by atoms with E-state index in [2.05, 4.69) is 31.2 Å². The lowest BCUT2D eigenvalue weighted by Crippen LogP contribution is -2.19. The molecule has 0 fully saturated rings. The van der Waals surface area contributed by atoms with E-state index in [0.717, 1.165) is 32.7 Å². The summed E-state index contributed by atoms with van der Waals surface area (Å²) in [6, 6.07) is 0. The Morgan fingerprint density at radius 1 is 1.16 bits per heavy atom. The molecule has 100 valence electrons. The molecule has 2 heterocycles. The van der Waals surface area contributed by atoms with E-state index in [1.165, 1.54) is 0 Å². The second kappa shape index (κ2) is 4.97. The van der Waals surface area contributed by atoms with Crippen LogP contribution in [0.5, 0.6) is 0 Å². The van der Waals surface area contributed by atoms with Crippen molar-refractivity contribution in [1.29, 1.82) is 0 Å². The Morgan fingerprint density at radius 2 is 1.79 bits per heavy atom. The minimum atomic E-state index is 0.300. The molecule has 2 aromatic heterocycles. The van der Waals surface area contributed by atoms with Crippen molar-refractivity contribution in [2.24, 2.45) is 5.73 Å². The molecule has 2 rings (SSSR count). The largest absolute Gasteiger partial charge is 0.389 e. The van der Waals surface area contributed by atoms with Crippen LogP contribution in [0.3, 0.4) is 0 Å². The Kier molecular flexibility index (Phi) is 3.69. The van der Waals surface area contributed by atoms with E-state index in [-0.39, 0.29) is 0 Å². The quantitative estimate of drug-likeness (QED) is 0.850. The Hall–Kier alpha value is -1.34. The standard InChI is InChI=1S/C12H14BrN5S/c1-5-6(2)15-16-12(9(5)11(14)19)18-8(4)10(13)7(3)17-18/h1-4H3,(H2,14,19). The highest BCUT2D eigenvalue weighted by Crippen LogP contribution is 2.25. The Balaban J connectivity index is 2.79. The lowest BCUT2D eigenvalue weighted by atomic mass is 10.1. The van der Waals surface area contributed by atoms with Crippen molar-refractivity contribution in [2.75, 3.05) is 0 Å². The molecule has 0 aromatic carbocycles. The van der Waals surface area contributed by atoms with E-state index in [9.17, 15) is 0 Å². The Morgan fingerprint density at radius 3 is 2.26 bits per heavy atom.